The van der Waals surface area contributed by atoms with Gasteiger partial charge in [0.05, 0.1) is 5.69 Å². The summed E-state index contributed by atoms with van der Waals surface area (Å²) in [6.45, 7) is 10.7. The highest BCUT2D eigenvalue weighted by Gasteiger charge is 2.30. The SMILES string of the molecule is CCNC(=NCCc1cn2cccc(C)c2n1)N1CCC(N2CCCC2)C1. The van der Waals surface area contributed by atoms with E-state index in [1.165, 1.54) is 37.9 Å². The van der Waals surface area contributed by atoms with Gasteiger partial charge in [-0.2, -0.15) is 0 Å². The van der Waals surface area contributed by atoms with Gasteiger partial charge in [-0.05, 0) is 57.8 Å². The second-order valence-electron chi connectivity index (χ2n) is 7.77. The van der Waals surface area contributed by atoms with Gasteiger partial charge < -0.3 is 14.6 Å². The van der Waals surface area contributed by atoms with E-state index in [1.54, 1.807) is 0 Å². The van der Waals surface area contributed by atoms with Crippen LogP contribution in [0.3, 0.4) is 0 Å². The highest BCUT2D eigenvalue weighted by molar-refractivity contribution is 5.80. The smallest absolute Gasteiger partial charge is 0.193 e. The van der Waals surface area contributed by atoms with Crippen molar-refractivity contribution in [2.75, 3.05) is 39.3 Å². The molecule has 0 radical (unpaired) electrons. The molecule has 2 aliphatic rings. The Bertz CT molecular complexity index is 789. The Balaban J connectivity index is 1.38. The molecule has 27 heavy (non-hydrogen) atoms. The summed E-state index contributed by atoms with van der Waals surface area (Å²) < 4.78 is 2.11. The molecule has 2 saturated heterocycles. The summed E-state index contributed by atoms with van der Waals surface area (Å²) in [5.41, 5.74) is 3.38. The van der Waals surface area contributed by atoms with E-state index in [2.05, 4.69) is 57.9 Å². The molecule has 4 rings (SSSR count). The van der Waals surface area contributed by atoms with Crippen molar-refractivity contribution in [1.29, 1.82) is 0 Å². The number of hydrogen-bond acceptors (Lipinski definition) is 3. The van der Waals surface area contributed by atoms with Crippen LogP contribution in [-0.4, -0.2) is 70.5 Å². The highest BCUT2D eigenvalue weighted by atomic mass is 15.3. The Hall–Kier alpha value is -2.08. The molecule has 4 heterocycles. The van der Waals surface area contributed by atoms with Crippen molar-refractivity contribution in [1.82, 2.24) is 24.5 Å². The minimum atomic E-state index is 0.706. The van der Waals surface area contributed by atoms with Crippen molar-refractivity contribution in [3.63, 3.8) is 0 Å². The predicted octanol–water partition coefficient (Wildman–Crippen LogP) is 2.32. The number of likely N-dealkylation sites (tertiary alicyclic amines) is 2. The summed E-state index contributed by atoms with van der Waals surface area (Å²) in [5.74, 6) is 1.07. The molecular weight excluding hydrogens is 336 g/mol. The lowest BCUT2D eigenvalue weighted by molar-refractivity contribution is 0.249. The monoisotopic (exact) mass is 368 g/mol. The molecule has 2 aromatic heterocycles. The fourth-order valence-electron chi connectivity index (χ4n) is 4.37. The first-order valence-electron chi connectivity index (χ1n) is 10.4. The third kappa shape index (κ3) is 4.10. The lowest BCUT2D eigenvalue weighted by Crippen LogP contribution is -2.42. The van der Waals surface area contributed by atoms with E-state index < -0.39 is 0 Å². The number of nitrogens with zero attached hydrogens (tertiary/aromatic N) is 5. The van der Waals surface area contributed by atoms with Gasteiger partial charge in [-0.25, -0.2) is 4.98 Å². The van der Waals surface area contributed by atoms with Gasteiger partial charge in [0.1, 0.15) is 5.65 Å². The van der Waals surface area contributed by atoms with Crippen LogP contribution in [0.15, 0.2) is 29.5 Å². The summed E-state index contributed by atoms with van der Waals surface area (Å²) in [4.78, 5) is 14.8. The van der Waals surface area contributed by atoms with Gasteiger partial charge in [-0.1, -0.05) is 6.07 Å². The Kier molecular flexibility index (Phi) is 5.62. The van der Waals surface area contributed by atoms with Crippen LogP contribution in [0, 0.1) is 6.92 Å². The number of aryl methyl sites for hydroxylation is 1. The van der Waals surface area contributed by atoms with Gasteiger partial charge in [0.25, 0.3) is 0 Å². The lowest BCUT2D eigenvalue weighted by atomic mass is 10.2. The van der Waals surface area contributed by atoms with E-state index in [0.29, 0.717) is 6.04 Å². The summed E-state index contributed by atoms with van der Waals surface area (Å²) >= 11 is 0. The van der Waals surface area contributed by atoms with Crippen molar-refractivity contribution in [2.24, 2.45) is 4.99 Å². The van der Waals surface area contributed by atoms with Crippen LogP contribution in [0.1, 0.15) is 37.4 Å². The molecule has 1 atom stereocenters. The molecule has 2 aliphatic heterocycles. The standard InChI is InChI=1S/C21H32N6/c1-3-22-21(27-14-9-19(16-27)25-11-4-5-12-25)23-10-8-18-15-26-13-6-7-17(2)20(26)24-18/h6-7,13,15,19H,3-5,8-12,14,16H2,1-2H3,(H,22,23). The molecule has 146 valence electrons. The summed E-state index contributed by atoms with van der Waals surface area (Å²) in [7, 11) is 0. The molecular formula is C21H32N6. The molecule has 0 saturated carbocycles. The first-order chi connectivity index (χ1) is 13.2. The highest BCUT2D eigenvalue weighted by Crippen LogP contribution is 2.20. The van der Waals surface area contributed by atoms with E-state index in [-0.39, 0.29) is 0 Å². The Morgan fingerprint density at radius 2 is 2.15 bits per heavy atom. The molecule has 2 fully saturated rings. The van der Waals surface area contributed by atoms with Gasteiger partial charge in [0, 0.05) is 51.0 Å². The molecule has 1 N–H and O–H groups in total. The molecule has 0 aromatic carbocycles. The van der Waals surface area contributed by atoms with Crippen LogP contribution in [0.4, 0.5) is 0 Å². The fourth-order valence-corrected chi connectivity index (χ4v) is 4.37. The Morgan fingerprint density at radius 3 is 2.93 bits per heavy atom. The van der Waals surface area contributed by atoms with Crippen molar-refractivity contribution >= 4 is 11.6 Å². The maximum atomic E-state index is 4.91. The van der Waals surface area contributed by atoms with Crippen molar-refractivity contribution < 1.29 is 0 Å². The van der Waals surface area contributed by atoms with Crippen molar-refractivity contribution in [3.8, 4) is 0 Å². The maximum absolute atomic E-state index is 4.91. The van der Waals surface area contributed by atoms with E-state index in [0.717, 1.165) is 49.9 Å². The number of hydrogen-bond donors (Lipinski definition) is 1. The zero-order valence-corrected chi connectivity index (χ0v) is 16.7. The molecule has 0 amide bonds. The van der Waals surface area contributed by atoms with Gasteiger partial charge in [-0.3, -0.25) is 9.89 Å². The number of pyridine rings is 1. The van der Waals surface area contributed by atoms with Crippen molar-refractivity contribution in [3.05, 3.63) is 35.8 Å². The zero-order chi connectivity index (χ0) is 18.6. The van der Waals surface area contributed by atoms with E-state index in [9.17, 15) is 0 Å². The molecule has 6 heteroatoms. The third-order valence-corrected chi connectivity index (χ3v) is 5.81. The quantitative estimate of drug-likeness (QED) is 0.650. The van der Waals surface area contributed by atoms with E-state index in [4.69, 9.17) is 9.98 Å². The average Bonchev–Trinajstić information content (AvgIpc) is 3.41. The number of nitrogens with one attached hydrogen (secondary N) is 1. The summed E-state index contributed by atoms with van der Waals surface area (Å²) in [5, 5.41) is 3.49. The normalized spacial score (nSPS) is 21.5. The number of aromatic nitrogens is 2. The second kappa shape index (κ2) is 8.30. The topological polar surface area (TPSA) is 48.2 Å². The minimum absolute atomic E-state index is 0.706. The zero-order valence-electron chi connectivity index (χ0n) is 16.7. The van der Waals surface area contributed by atoms with Crippen LogP contribution < -0.4 is 5.32 Å². The van der Waals surface area contributed by atoms with E-state index >= 15 is 0 Å². The number of rotatable bonds is 5. The number of imidazole rings is 1. The van der Waals surface area contributed by atoms with Crippen LogP contribution in [0.2, 0.25) is 0 Å². The predicted molar refractivity (Wildman–Crippen MR) is 110 cm³/mol. The molecule has 6 nitrogen and oxygen atoms in total. The Morgan fingerprint density at radius 1 is 1.30 bits per heavy atom. The fraction of sp³-hybridized carbons (Fsp3) is 0.619. The van der Waals surface area contributed by atoms with Crippen LogP contribution in [-0.2, 0) is 6.42 Å². The summed E-state index contributed by atoms with van der Waals surface area (Å²) in [6, 6.07) is 4.88. The first kappa shape index (κ1) is 18.3. The number of aliphatic imine (C=N–C) groups is 1. The van der Waals surface area contributed by atoms with Crippen LogP contribution >= 0.6 is 0 Å². The lowest BCUT2D eigenvalue weighted by Gasteiger charge is -2.25. The second-order valence-corrected chi connectivity index (χ2v) is 7.77. The summed E-state index contributed by atoms with van der Waals surface area (Å²) in [6.07, 6.45) is 9.06. The number of guanidine groups is 1. The van der Waals surface area contributed by atoms with Crippen molar-refractivity contribution in [2.45, 2.75) is 45.6 Å². The molecule has 0 bridgehead atoms. The van der Waals surface area contributed by atoms with Gasteiger partial charge in [-0.15, -0.1) is 0 Å². The van der Waals surface area contributed by atoms with Crippen LogP contribution in [0.5, 0.6) is 0 Å². The van der Waals surface area contributed by atoms with Gasteiger partial charge in [0.15, 0.2) is 5.96 Å². The molecule has 2 aromatic rings. The van der Waals surface area contributed by atoms with Gasteiger partial charge in [0.2, 0.25) is 0 Å². The first-order valence-corrected chi connectivity index (χ1v) is 10.4. The third-order valence-electron chi connectivity index (χ3n) is 5.81. The van der Waals surface area contributed by atoms with E-state index in [1.807, 2.05) is 0 Å². The Labute approximate surface area is 162 Å². The molecule has 0 spiro atoms. The largest absolute Gasteiger partial charge is 0.357 e. The average molecular weight is 369 g/mol. The minimum Gasteiger partial charge on any atom is -0.357 e. The van der Waals surface area contributed by atoms with Crippen LogP contribution in [0.25, 0.3) is 5.65 Å². The number of fused-ring (bicyclic) bond motifs is 1. The maximum Gasteiger partial charge on any atom is 0.193 e. The molecule has 1 unspecified atom stereocenters. The molecule has 0 aliphatic carbocycles. The van der Waals surface area contributed by atoms with Gasteiger partial charge >= 0.3 is 0 Å².